The number of halogens is 3. The van der Waals surface area contributed by atoms with Crippen LogP contribution in [0.1, 0.15) is 53.9 Å². The van der Waals surface area contributed by atoms with Crippen molar-refractivity contribution in [3.63, 3.8) is 0 Å². The van der Waals surface area contributed by atoms with Crippen molar-refractivity contribution in [1.29, 1.82) is 0 Å². The molecule has 29 heavy (non-hydrogen) atoms. The molecule has 0 bridgehead atoms. The van der Waals surface area contributed by atoms with E-state index in [4.69, 9.17) is 0 Å². The van der Waals surface area contributed by atoms with Crippen molar-refractivity contribution >= 4 is 5.69 Å². The summed E-state index contributed by atoms with van der Waals surface area (Å²) in [6.07, 6.45) is 0.827. The minimum atomic E-state index is -4.67. The summed E-state index contributed by atoms with van der Waals surface area (Å²) >= 11 is 0. The van der Waals surface area contributed by atoms with Crippen molar-refractivity contribution in [3.05, 3.63) is 47.2 Å². The zero-order valence-corrected chi connectivity index (χ0v) is 18.5. The SMILES string of the molecule is CC.CC/C(C)=C(/C=C(/C)N(C)c1ccc(OC(F)(F)F)cc1)C1CCNCC1. The molecule has 6 heteroatoms. The number of anilines is 1. The topological polar surface area (TPSA) is 24.5 Å². The van der Waals surface area contributed by atoms with Gasteiger partial charge in [0.15, 0.2) is 0 Å². The van der Waals surface area contributed by atoms with E-state index in [0.29, 0.717) is 5.92 Å². The van der Waals surface area contributed by atoms with Crippen LogP contribution in [-0.4, -0.2) is 26.5 Å². The number of nitrogens with one attached hydrogen (secondary N) is 1. The predicted molar refractivity (Wildman–Crippen MR) is 115 cm³/mol. The lowest BCUT2D eigenvalue weighted by Gasteiger charge is -2.27. The van der Waals surface area contributed by atoms with Crippen molar-refractivity contribution in [2.45, 2.75) is 60.2 Å². The number of piperidine rings is 1. The summed E-state index contributed by atoms with van der Waals surface area (Å²) in [7, 11) is 1.92. The minimum absolute atomic E-state index is 0.210. The van der Waals surface area contributed by atoms with E-state index in [-0.39, 0.29) is 5.75 Å². The van der Waals surface area contributed by atoms with E-state index in [1.54, 1.807) is 12.1 Å². The first-order valence-corrected chi connectivity index (χ1v) is 10.4. The quantitative estimate of drug-likeness (QED) is 0.528. The van der Waals surface area contributed by atoms with Gasteiger partial charge in [-0.2, -0.15) is 0 Å². The Morgan fingerprint density at radius 1 is 1.14 bits per heavy atom. The van der Waals surface area contributed by atoms with E-state index < -0.39 is 6.36 Å². The first-order valence-electron chi connectivity index (χ1n) is 10.4. The molecule has 0 radical (unpaired) electrons. The van der Waals surface area contributed by atoms with Crippen LogP contribution in [0, 0.1) is 5.92 Å². The Morgan fingerprint density at radius 3 is 2.17 bits per heavy atom. The van der Waals surface area contributed by atoms with Crippen LogP contribution >= 0.6 is 0 Å². The average molecular weight is 413 g/mol. The lowest BCUT2D eigenvalue weighted by molar-refractivity contribution is -0.274. The van der Waals surface area contributed by atoms with E-state index in [0.717, 1.165) is 43.7 Å². The van der Waals surface area contributed by atoms with E-state index in [1.807, 2.05) is 32.7 Å². The number of hydrogen-bond donors (Lipinski definition) is 1. The van der Waals surface area contributed by atoms with Gasteiger partial charge in [0.05, 0.1) is 0 Å². The molecule has 1 aromatic rings. The molecule has 2 rings (SSSR count). The molecule has 1 aliphatic rings. The van der Waals surface area contributed by atoms with Gasteiger partial charge in [-0.25, -0.2) is 0 Å². The Balaban J connectivity index is 0.00000204. The lowest BCUT2D eigenvalue weighted by atomic mass is 9.86. The lowest BCUT2D eigenvalue weighted by Crippen LogP contribution is -2.29. The molecule has 0 atom stereocenters. The molecule has 164 valence electrons. The fraction of sp³-hybridized carbons (Fsp3) is 0.565. The van der Waals surface area contributed by atoms with Gasteiger partial charge >= 0.3 is 6.36 Å². The zero-order chi connectivity index (χ0) is 22.0. The predicted octanol–water partition coefficient (Wildman–Crippen LogP) is 6.68. The van der Waals surface area contributed by atoms with Gasteiger partial charge in [-0.15, -0.1) is 13.2 Å². The Morgan fingerprint density at radius 2 is 1.69 bits per heavy atom. The molecule has 0 aromatic heterocycles. The number of nitrogens with zero attached hydrogens (tertiary/aromatic N) is 1. The Bertz CT molecular complexity index is 672. The number of rotatable bonds is 6. The molecule has 1 fully saturated rings. The maximum absolute atomic E-state index is 12.3. The Hall–Kier alpha value is -1.95. The first kappa shape index (κ1) is 25.1. The van der Waals surface area contributed by atoms with Crippen LogP contribution < -0.4 is 15.0 Å². The number of ether oxygens (including phenoxy) is 1. The number of allylic oxidation sites excluding steroid dienone is 4. The maximum atomic E-state index is 12.3. The van der Waals surface area contributed by atoms with Crippen LogP contribution in [0.3, 0.4) is 0 Å². The number of alkyl halides is 3. The molecule has 1 saturated heterocycles. The average Bonchev–Trinajstić information content (AvgIpc) is 2.72. The highest BCUT2D eigenvalue weighted by Crippen LogP contribution is 2.30. The van der Waals surface area contributed by atoms with Gasteiger partial charge in [0.2, 0.25) is 0 Å². The summed E-state index contributed by atoms with van der Waals surface area (Å²) in [6, 6.07) is 5.96. The van der Waals surface area contributed by atoms with E-state index in [1.165, 1.54) is 23.3 Å². The molecule has 1 aliphatic heterocycles. The third-order valence-corrected chi connectivity index (χ3v) is 5.15. The summed E-state index contributed by atoms with van der Waals surface area (Å²) in [5.41, 5.74) is 4.65. The van der Waals surface area contributed by atoms with Gasteiger partial charge in [-0.1, -0.05) is 26.3 Å². The van der Waals surface area contributed by atoms with E-state index in [9.17, 15) is 13.2 Å². The second-order valence-corrected chi connectivity index (χ2v) is 7.00. The molecule has 0 amide bonds. The maximum Gasteiger partial charge on any atom is 0.573 e. The first-order chi connectivity index (χ1) is 13.7. The molecule has 0 spiro atoms. The monoisotopic (exact) mass is 412 g/mol. The van der Waals surface area contributed by atoms with Gasteiger partial charge in [-0.05, 0) is 88.0 Å². The minimum Gasteiger partial charge on any atom is -0.406 e. The molecule has 3 nitrogen and oxygen atoms in total. The second-order valence-electron chi connectivity index (χ2n) is 7.00. The standard InChI is InChI=1S/C21H29F3N2O.C2H6/c1-5-15(2)20(17-10-12-25-13-11-17)14-16(3)26(4)18-6-8-19(9-7-18)27-21(22,23)24;1-2/h6-9,14,17,25H,5,10-13H2,1-4H3;1-2H3/b16-14-,20-15-;. The molecule has 1 N–H and O–H groups in total. The van der Waals surface area contributed by atoms with Crippen molar-refractivity contribution < 1.29 is 17.9 Å². The third kappa shape index (κ3) is 8.13. The molecule has 0 unspecified atom stereocenters. The van der Waals surface area contributed by atoms with Crippen LogP contribution in [0.25, 0.3) is 0 Å². The summed E-state index contributed by atoms with van der Waals surface area (Å²) in [5.74, 6) is 0.343. The Labute approximate surface area is 173 Å². The molecule has 1 heterocycles. The van der Waals surface area contributed by atoms with Crippen LogP contribution in [0.4, 0.5) is 18.9 Å². The highest BCUT2D eigenvalue weighted by atomic mass is 19.4. The molecular formula is C23H35F3N2O. The molecular weight excluding hydrogens is 377 g/mol. The second kappa shape index (κ2) is 11.9. The van der Waals surface area contributed by atoms with Crippen LogP contribution in [0.2, 0.25) is 0 Å². The summed E-state index contributed by atoms with van der Waals surface area (Å²) in [5, 5.41) is 3.40. The van der Waals surface area contributed by atoms with Crippen molar-refractivity contribution in [2.24, 2.45) is 5.92 Å². The smallest absolute Gasteiger partial charge is 0.406 e. The fourth-order valence-electron chi connectivity index (χ4n) is 3.32. The zero-order valence-electron chi connectivity index (χ0n) is 18.5. The summed E-state index contributed by atoms with van der Waals surface area (Å²) < 4.78 is 40.9. The molecule has 0 aliphatic carbocycles. The summed E-state index contributed by atoms with van der Waals surface area (Å²) in [4.78, 5) is 1.99. The van der Waals surface area contributed by atoms with Gasteiger partial charge in [-0.3, -0.25) is 0 Å². The van der Waals surface area contributed by atoms with Crippen LogP contribution in [0.15, 0.2) is 47.2 Å². The van der Waals surface area contributed by atoms with Crippen molar-refractivity contribution in [1.82, 2.24) is 5.32 Å². The van der Waals surface area contributed by atoms with Gasteiger partial charge in [0.1, 0.15) is 5.75 Å². The highest BCUT2D eigenvalue weighted by Gasteiger charge is 2.31. The summed E-state index contributed by atoms with van der Waals surface area (Å²) in [6.45, 7) is 12.5. The number of hydrogen-bond acceptors (Lipinski definition) is 3. The molecule has 0 saturated carbocycles. The largest absolute Gasteiger partial charge is 0.573 e. The fourth-order valence-corrected chi connectivity index (χ4v) is 3.32. The van der Waals surface area contributed by atoms with E-state index in [2.05, 4.69) is 30.0 Å². The molecule has 1 aromatic carbocycles. The van der Waals surface area contributed by atoms with Crippen LogP contribution in [-0.2, 0) is 0 Å². The Kier molecular flexibility index (Phi) is 10.3. The van der Waals surface area contributed by atoms with E-state index >= 15 is 0 Å². The van der Waals surface area contributed by atoms with Gasteiger partial charge in [0, 0.05) is 18.4 Å². The van der Waals surface area contributed by atoms with Crippen LogP contribution in [0.5, 0.6) is 5.75 Å². The van der Waals surface area contributed by atoms with Gasteiger partial charge in [0.25, 0.3) is 0 Å². The van der Waals surface area contributed by atoms with Gasteiger partial charge < -0.3 is 15.0 Å². The number of benzene rings is 1. The third-order valence-electron chi connectivity index (χ3n) is 5.15. The normalized spacial score (nSPS) is 16.5. The van der Waals surface area contributed by atoms with Crippen molar-refractivity contribution in [2.75, 3.05) is 25.0 Å². The van der Waals surface area contributed by atoms with Crippen molar-refractivity contribution in [3.8, 4) is 5.75 Å². The highest BCUT2D eigenvalue weighted by molar-refractivity contribution is 5.54.